The lowest BCUT2D eigenvalue weighted by Crippen LogP contribution is -2.49. The van der Waals surface area contributed by atoms with Crippen LogP contribution in [-0.4, -0.2) is 43.7 Å². The summed E-state index contributed by atoms with van der Waals surface area (Å²) in [6, 6.07) is 3.77. The fourth-order valence-electron chi connectivity index (χ4n) is 2.14. The van der Waals surface area contributed by atoms with Gasteiger partial charge in [-0.1, -0.05) is 0 Å². The molecule has 2 N–H and O–H groups in total. The van der Waals surface area contributed by atoms with E-state index in [0.29, 0.717) is 12.6 Å². The molecule has 1 saturated heterocycles. The Hall–Kier alpha value is -1.20. The van der Waals surface area contributed by atoms with Gasteiger partial charge in [0.2, 0.25) is 0 Å². The molecule has 0 spiro atoms. The molecule has 1 aromatic carbocycles. The molecule has 18 heavy (non-hydrogen) atoms. The highest BCUT2D eigenvalue weighted by molar-refractivity contribution is 5.44. The molecule has 1 aromatic rings. The maximum Gasteiger partial charge on any atom is 0.146 e. The largest absolute Gasteiger partial charge is 0.381 e. The van der Waals surface area contributed by atoms with Crippen LogP contribution in [-0.2, 0) is 0 Å². The van der Waals surface area contributed by atoms with Gasteiger partial charge in [0.15, 0.2) is 0 Å². The van der Waals surface area contributed by atoms with Crippen LogP contribution in [0, 0.1) is 11.6 Å². The molecule has 0 amide bonds. The van der Waals surface area contributed by atoms with Crippen molar-refractivity contribution in [3.63, 3.8) is 0 Å². The molecule has 1 heterocycles. The highest BCUT2D eigenvalue weighted by Gasteiger charge is 2.16. The molecule has 5 heteroatoms. The molecule has 100 valence electrons. The van der Waals surface area contributed by atoms with E-state index in [1.54, 1.807) is 0 Å². The van der Waals surface area contributed by atoms with E-state index in [2.05, 4.69) is 22.5 Å². The van der Waals surface area contributed by atoms with Gasteiger partial charge in [-0.25, -0.2) is 8.78 Å². The molecular formula is C13H19F2N3. The molecule has 1 aliphatic heterocycles. The van der Waals surface area contributed by atoms with Crippen LogP contribution >= 0.6 is 0 Å². The number of anilines is 1. The SMILES string of the molecule is CC(CNc1cc(F)ccc1F)N1CCNCC1. The van der Waals surface area contributed by atoms with Crippen molar-refractivity contribution in [2.75, 3.05) is 38.0 Å². The van der Waals surface area contributed by atoms with Gasteiger partial charge in [0.1, 0.15) is 11.6 Å². The monoisotopic (exact) mass is 255 g/mol. The first-order valence-electron chi connectivity index (χ1n) is 6.30. The van der Waals surface area contributed by atoms with Crippen molar-refractivity contribution in [1.29, 1.82) is 0 Å². The van der Waals surface area contributed by atoms with E-state index < -0.39 is 11.6 Å². The Kier molecular flexibility index (Phi) is 4.49. The highest BCUT2D eigenvalue weighted by Crippen LogP contribution is 2.15. The summed E-state index contributed by atoms with van der Waals surface area (Å²) in [5.74, 6) is -0.836. The number of nitrogens with one attached hydrogen (secondary N) is 2. The Morgan fingerprint density at radius 1 is 1.33 bits per heavy atom. The molecule has 0 aliphatic carbocycles. The Labute approximate surface area is 106 Å². The zero-order valence-corrected chi connectivity index (χ0v) is 10.5. The lowest BCUT2D eigenvalue weighted by Gasteiger charge is -2.33. The lowest BCUT2D eigenvalue weighted by molar-refractivity contribution is 0.191. The van der Waals surface area contributed by atoms with Crippen molar-refractivity contribution in [2.45, 2.75) is 13.0 Å². The minimum atomic E-state index is -0.422. The molecule has 2 rings (SSSR count). The standard InChI is InChI=1S/C13H19F2N3/c1-10(18-6-4-16-5-7-18)9-17-13-8-11(14)2-3-12(13)15/h2-3,8,10,16-17H,4-7,9H2,1H3. The number of rotatable bonds is 4. The van der Waals surface area contributed by atoms with E-state index in [4.69, 9.17) is 0 Å². The molecule has 1 fully saturated rings. The van der Waals surface area contributed by atoms with Crippen molar-refractivity contribution >= 4 is 5.69 Å². The number of nitrogens with zero attached hydrogens (tertiary/aromatic N) is 1. The first-order chi connectivity index (χ1) is 8.66. The predicted octanol–water partition coefficient (Wildman–Crippen LogP) is 1.67. The average molecular weight is 255 g/mol. The van der Waals surface area contributed by atoms with E-state index in [0.717, 1.165) is 38.3 Å². The van der Waals surface area contributed by atoms with Crippen LogP contribution < -0.4 is 10.6 Å². The smallest absolute Gasteiger partial charge is 0.146 e. The van der Waals surface area contributed by atoms with E-state index in [1.165, 1.54) is 6.07 Å². The molecular weight excluding hydrogens is 236 g/mol. The summed E-state index contributed by atoms with van der Waals surface area (Å²) in [5, 5.41) is 6.26. The zero-order chi connectivity index (χ0) is 13.0. The third-order valence-electron chi connectivity index (χ3n) is 3.29. The summed E-state index contributed by atoms with van der Waals surface area (Å²) >= 11 is 0. The van der Waals surface area contributed by atoms with Crippen molar-refractivity contribution in [3.8, 4) is 0 Å². The van der Waals surface area contributed by atoms with Gasteiger partial charge >= 0.3 is 0 Å². The first kappa shape index (κ1) is 13.2. The van der Waals surface area contributed by atoms with Gasteiger partial charge in [-0.05, 0) is 25.1 Å². The number of piperazine rings is 1. The minimum absolute atomic E-state index is 0.233. The fraction of sp³-hybridized carbons (Fsp3) is 0.538. The van der Waals surface area contributed by atoms with E-state index in [-0.39, 0.29) is 5.69 Å². The summed E-state index contributed by atoms with van der Waals surface area (Å²) in [5.41, 5.74) is 0.233. The predicted molar refractivity (Wildman–Crippen MR) is 68.8 cm³/mol. The van der Waals surface area contributed by atoms with Gasteiger partial charge in [-0.3, -0.25) is 4.90 Å². The topological polar surface area (TPSA) is 27.3 Å². The van der Waals surface area contributed by atoms with Gasteiger partial charge in [0.05, 0.1) is 5.69 Å². The average Bonchev–Trinajstić information content (AvgIpc) is 2.40. The van der Waals surface area contributed by atoms with Crippen molar-refractivity contribution in [2.24, 2.45) is 0 Å². The molecule has 3 nitrogen and oxygen atoms in total. The van der Waals surface area contributed by atoms with Crippen LogP contribution in [0.3, 0.4) is 0 Å². The molecule has 0 aromatic heterocycles. The Morgan fingerprint density at radius 2 is 2.06 bits per heavy atom. The fourth-order valence-corrected chi connectivity index (χ4v) is 2.14. The highest BCUT2D eigenvalue weighted by atomic mass is 19.1. The summed E-state index contributed by atoms with van der Waals surface area (Å²) in [6.45, 7) is 6.66. The third-order valence-corrected chi connectivity index (χ3v) is 3.29. The van der Waals surface area contributed by atoms with Crippen LogP contribution in [0.25, 0.3) is 0 Å². The van der Waals surface area contributed by atoms with Crippen LogP contribution in [0.5, 0.6) is 0 Å². The normalized spacial score (nSPS) is 18.6. The number of halogens is 2. The maximum atomic E-state index is 13.4. The van der Waals surface area contributed by atoms with E-state index >= 15 is 0 Å². The number of hydrogen-bond donors (Lipinski definition) is 2. The Morgan fingerprint density at radius 3 is 2.78 bits per heavy atom. The minimum Gasteiger partial charge on any atom is -0.381 e. The number of benzene rings is 1. The van der Waals surface area contributed by atoms with Crippen molar-refractivity contribution in [1.82, 2.24) is 10.2 Å². The Bertz CT molecular complexity index is 392. The van der Waals surface area contributed by atoms with Crippen LogP contribution in [0.1, 0.15) is 6.92 Å². The van der Waals surface area contributed by atoms with Gasteiger partial charge in [-0.2, -0.15) is 0 Å². The summed E-state index contributed by atoms with van der Waals surface area (Å²) in [7, 11) is 0. The van der Waals surface area contributed by atoms with E-state index in [1.807, 2.05) is 0 Å². The zero-order valence-electron chi connectivity index (χ0n) is 10.5. The molecule has 0 bridgehead atoms. The molecule has 1 atom stereocenters. The summed E-state index contributed by atoms with van der Waals surface area (Å²) in [4.78, 5) is 2.33. The quantitative estimate of drug-likeness (QED) is 0.857. The second kappa shape index (κ2) is 6.11. The second-order valence-electron chi connectivity index (χ2n) is 4.64. The molecule has 0 radical (unpaired) electrons. The van der Waals surface area contributed by atoms with Crippen LogP contribution in [0.2, 0.25) is 0 Å². The van der Waals surface area contributed by atoms with Gasteiger partial charge in [0, 0.05) is 38.8 Å². The third kappa shape index (κ3) is 3.40. The maximum absolute atomic E-state index is 13.4. The van der Waals surface area contributed by atoms with Crippen LogP contribution in [0.4, 0.5) is 14.5 Å². The molecule has 1 aliphatic rings. The molecule has 0 saturated carbocycles. The van der Waals surface area contributed by atoms with Crippen molar-refractivity contribution in [3.05, 3.63) is 29.8 Å². The molecule has 1 unspecified atom stereocenters. The van der Waals surface area contributed by atoms with Crippen LogP contribution in [0.15, 0.2) is 18.2 Å². The summed E-state index contributed by atoms with van der Waals surface area (Å²) < 4.78 is 26.4. The second-order valence-corrected chi connectivity index (χ2v) is 4.64. The lowest BCUT2D eigenvalue weighted by atomic mass is 10.2. The van der Waals surface area contributed by atoms with Gasteiger partial charge < -0.3 is 10.6 Å². The van der Waals surface area contributed by atoms with E-state index in [9.17, 15) is 8.78 Å². The summed E-state index contributed by atoms with van der Waals surface area (Å²) in [6.07, 6.45) is 0. The van der Waals surface area contributed by atoms with Gasteiger partial charge in [-0.15, -0.1) is 0 Å². The first-order valence-corrected chi connectivity index (χ1v) is 6.30. The number of hydrogen-bond acceptors (Lipinski definition) is 3. The Balaban J connectivity index is 1.88. The van der Waals surface area contributed by atoms with Crippen molar-refractivity contribution < 1.29 is 8.78 Å². The van der Waals surface area contributed by atoms with Gasteiger partial charge in [0.25, 0.3) is 0 Å².